The second-order valence-electron chi connectivity index (χ2n) is 6.56. The maximum Gasteiger partial charge on any atom is 0.341 e. The van der Waals surface area contributed by atoms with Crippen molar-refractivity contribution in [1.82, 2.24) is 5.32 Å². The minimum atomic E-state index is -1.06. The van der Waals surface area contributed by atoms with Crippen LogP contribution in [0, 0.1) is 5.92 Å². The number of amides is 1. The van der Waals surface area contributed by atoms with E-state index >= 15 is 0 Å². The molecule has 0 spiro atoms. The molecule has 0 bridgehead atoms. The standard InChI is InChI=1S/C21H25NO5/c1-15(2)13-26-18-8-6-16(7-9-18)10-11-22-21(25)17-4-3-5-19(12-17)27-14-20(23)24/h3-9,12,15H,10-11,13-14H2,1-2H3,(H,22,25)(H,23,24). The van der Waals surface area contributed by atoms with Gasteiger partial charge in [-0.3, -0.25) is 4.79 Å². The topological polar surface area (TPSA) is 84.9 Å². The number of carboxylic acids is 1. The van der Waals surface area contributed by atoms with E-state index in [1.165, 1.54) is 6.07 Å². The zero-order valence-corrected chi connectivity index (χ0v) is 15.6. The molecule has 6 nitrogen and oxygen atoms in total. The van der Waals surface area contributed by atoms with E-state index in [0.29, 0.717) is 36.8 Å². The molecule has 2 aromatic carbocycles. The van der Waals surface area contributed by atoms with Crippen LogP contribution in [-0.4, -0.2) is 36.7 Å². The highest BCUT2D eigenvalue weighted by atomic mass is 16.5. The molecule has 2 aromatic rings. The van der Waals surface area contributed by atoms with Gasteiger partial charge in [-0.15, -0.1) is 0 Å². The van der Waals surface area contributed by atoms with Crippen molar-refractivity contribution in [2.24, 2.45) is 5.92 Å². The molecular formula is C21H25NO5. The molecule has 0 aliphatic heterocycles. The quantitative estimate of drug-likeness (QED) is 0.670. The fourth-order valence-corrected chi connectivity index (χ4v) is 2.31. The van der Waals surface area contributed by atoms with E-state index in [-0.39, 0.29) is 5.91 Å². The Bertz CT molecular complexity index is 755. The molecule has 0 fully saturated rings. The van der Waals surface area contributed by atoms with E-state index in [9.17, 15) is 9.59 Å². The number of nitrogens with one attached hydrogen (secondary N) is 1. The Labute approximate surface area is 159 Å². The summed E-state index contributed by atoms with van der Waals surface area (Å²) in [6.07, 6.45) is 0.700. The first-order valence-electron chi connectivity index (χ1n) is 8.88. The Morgan fingerprint density at radius 3 is 2.44 bits per heavy atom. The fourth-order valence-electron chi connectivity index (χ4n) is 2.31. The highest BCUT2D eigenvalue weighted by Gasteiger charge is 2.07. The van der Waals surface area contributed by atoms with Crippen LogP contribution in [0.1, 0.15) is 29.8 Å². The van der Waals surface area contributed by atoms with Gasteiger partial charge < -0.3 is 19.9 Å². The SMILES string of the molecule is CC(C)COc1ccc(CCNC(=O)c2cccc(OCC(=O)O)c2)cc1. The van der Waals surface area contributed by atoms with Crippen molar-refractivity contribution < 1.29 is 24.2 Å². The molecule has 0 saturated carbocycles. The maximum atomic E-state index is 12.2. The van der Waals surface area contributed by atoms with Crippen LogP contribution in [0.5, 0.6) is 11.5 Å². The van der Waals surface area contributed by atoms with Crippen molar-refractivity contribution >= 4 is 11.9 Å². The third-order valence-electron chi connectivity index (χ3n) is 3.66. The second-order valence-corrected chi connectivity index (χ2v) is 6.56. The molecule has 0 unspecified atom stereocenters. The monoisotopic (exact) mass is 371 g/mol. The van der Waals surface area contributed by atoms with Crippen molar-refractivity contribution in [2.75, 3.05) is 19.8 Å². The normalized spacial score (nSPS) is 10.5. The van der Waals surface area contributed by atoms with E-state index in [0.717, 1.165) is 11.3 Å². The van der Waals surface area contributed by atoms with Gasteiger partial charge in [0.1, 0.15) is 11.5 Å². The van der Waals surface area contributed by atoms with E-state index in [4.69, 9.17) is 14.6 Å². The van der Waals surface area contributed by atoms with Gasteiger partial charge in [-0.25, -0.2) is 4.79 Å². The molecule has 0 radical (unpaired) electrons. The molecule has 0 atom stereocenters. The van der Waals surface area contributed by atoms with Crippen LogP contribution in [0.4, 0.5) is 0 Å². The molecule has 1 amide bonds. The van der Waals surface area contributed by atoms with Crippen LogP contribution in [0.25, 0.3) is 0 Å². The Kier molecular flexibility index (Phi) is 7.67. The van der Waals surface area contributed by atoms with Crippen LogP contribution < -0.4 is 14.8 Å². The molecule has 27 heavy (non-hydrogen) atoms. The summed E-state index contributed by atoms with van der Waals surface area (Å²) in [4.78, 5) is 22.8. The number of carbonyl (C=O) groups excluding carboxylic acids is 1. The van der Waals surface area contributed by atoms with E-state index in [1.807, 2.05) is 24.3 Å². The summed E-state index contributed by atoms with van der Waals surface area (Å²) < 4.78 is 10.7. The number of hydrogen-bond acceptors (Lipinski definition) is 4. The summed E-state index contributed by atoms with van der Waals surface area (Å²) >= 11 is 0. The lowest BCUT2D eigenvalue weighted by Crippen LogP contribution is -2.25. The fraction of sp³-hybridized carbons (Fsp3) is 0.333. The Morgan fingerprint density at radius 1 is 1.04 bits per heavy atom. The van der Waals surface area contributed by atoms with E-state index in [1.54, 1.807) is 18.2 Å². The van der Waals surface area contributed by atoms with Crippen LogP contribution in [0.3, 0.4) is 0 Å². The molecule has 2 N–H and O–H groups in total. The lowest BCUT2D eigenvalue weighted by atomic mass is 10.1. The maximum absolute atomic E-state index is 12.2. The largest absolute Gasteiger partial charge is 0.493 e. The zero-order valence-electron chi connectivity index (χ0n) is 15.6. The summed E-state index contributed by atoms with van der Waals surface area (Å²) in [5.41, 5.74) is 1.53. The van der Waals surface area contributed by atoms with Crippen LogP contribution in [-0.2, 0) is 11.2 Å². The summed E-state index contributed by atoms with van der Waals surface area (Å²) in [5.74, 6) is 0.378. The van der Waals surface area contributed by atoms with Crippen molar-refractivity contribution in [1.29, 1.82) is 0 Å². The van der Waals surface area contributed by atoms with Gasteiger partial charge in [0.25, 0.3) is 5.91 Å². The summed E-state index contributed by atoms with van der Waals surface area (Å²) in [6, 6.07) is 14.3. The molecule has 0 aliphatic rings. The molecule has 6 heteroatoms. The van der Waals surface area contributed by atoms with Crippen molar-refractivity contribution in [3.63, 3.8) is 0 Å². The molecular weight excluding hydrogens is 346 g/mol. The van der Waals surface area contributed by atoms with Gasteiger partial charge in [0.15, 0.2) is 6.61 Å². The van der Waals surface area contributed by atoms with Gasteiger partial charge in [-0.05, 0) is 48.2 Å². The van der Waals surface area contributed by atoms with Crippen molar-refractivity contribution in [3.05, 3.63) is 59.7 Å². The minimum absolute atomic E-state index is 0.229. The molecule has 2 rings (SSSR count). The lowest BCUT2D eigenvalue weighted by molar-refractivity contribution is -0.139. The smallest absolute Gasteiger partial charge is 0.341 e. The van der Waals surface area contributed by atoms with Gasteiger partial charge in [-0.1, -0.05) is 32.0 Å². The highest BCUT2D eigenvalue weighted by molar-refractivity contribution is 5.94. The average Bonchev–Trinajstić information content (AvgIpc) is 2.66. The molecule has 0 aliphatic carbocycles. The first-order valence-corrected chi connectivity index (χ1v) is 8.88. The number of hydrogen-bond donors (Lipinski definition) is 2. The first kappa shape index (κ1) is 20.3. The zero-order chi connectivity index (χ0) is 19.6. The van der Waals surface area contributed by atoms with Crippen molar-refractivity contribution in [2.45, 2.75) is 20.3 Å². The van der Waals surface area contributed by atoms with E-state index < -0.39 is 12.6 Å². The Balaban J connectivity index is 1.80. The molecule has 0 saturated heterocycles. The third-order valence-corrected chi connectivity index (χ3v) is 3.66. The van der Waals surface area contributed by atoms with Crippen LogP contribution >= 0.6 is 0 Å². The predicted molar refractivity (Wildman–Crippen MR) is 102 cm³/mol. The molecule has 144 valence electrons. The van der Waals surface area contributed by atoms with Gasteiger partial charge in [-0.2, -0.15) is 0 Å². The third kappa shape index (κ3) is 7.40. The van der Waals surface area contributed by atoms with Gasteiger partial charge in [0.05, 0.1) is 6.61 Å². The number of aliphatic carboxylic acids is 1. The summed E-state index contributed by atoms with van der Waals surface area (Å²) in [7, 11) is 0. The van der Waals surface area contributed by atoms with Crippen molar-refractivity contribution in [3.8, 4) is 11.5 Å². The summed E-state index contributed by atoms with van der Waals surface area (Å²) in [6.45, 7) is 4.94. The minimum Gasteiger partial charge on any atom is -0.493 e. The highest BCUT2D eigenvalue weighted by Crippen LogP contribution is 2.15. The first-order chi connectivity index (χ1) is 12.9. The van der Waals surface area contributed by atoms with Gasteiger partial charge in [0.2, 0.25) is 0 Å². The second kappa shape index (κ2) is 10.2. The number of carboxylic acid groups (broad SMARTS) is 1. The number of ether oxygens (including phenoxy) is 2. The lowest BCUT2D eigenvalue weighted by Gasteiger charge is -2.10. The van der Waals surface area contributed by atoms with Gasteiger partial charge >= 0.3 is 5.97 Å². The van der Waals surface area contributed by atoms with Crippen LogP contribution in [0.2, 0.25) is 0 Å². The Hall–Kier alpha value is -3.02. The average molecular weight is 371 g/mol. The number of carbonyl (C=O) groups is 2. The number of benzene rings is 2. The Morgan fingerprint density at radius 2 is 1.78 bits per heavy atom. The predicted octanol–water partition coefficient (Wildman–Crippen LogP) is 3.16. The van der Waals surface area contributed by atoms with Gasteiger partial charge in [0, 0.05) is 12.1 Å². The van der Waals surface area contributed by atoms with E-state index in [2.05, 4.69) is 19.2 Å². The van der Waals surface area contributed by atoms with Crippen LogP contribution in [0.15, 0.2) is 48.5 Å². The summed E-state index contributed by atoms with van der Waals surface area (Å²) in [5, 5.41) is 11.5. The number of rotatable bonds is 10. The molecule has 0 aromatic heterocycles. The molecule has 0 heterocycles.